The topological polar surface area (TPSA) is 116 Å². The van der Waals surface area contributed by atoms with Gasteiger partial charge >= 0.3 is 6.03 Å². The van der Waals surface area contributed by atoms with Crippen molar-refractivity contribution in [2.24, 2.45) is 0 Å². The maximum atomic E-state index is 12.9. The van der Waals surface area contributed by atoms with Gasteiger partial charge in [-0.25, -0.2) is 4.79 Å². The third-order valence-electron chi connectivity index (χ3n) is 4.38. The van der Waals surface area contributed by atoms with E-state index >= 15 is 0 Å². The van der Waals surface area contributed by atoms with E-state index in [9.17, 15) is 19.7 Å². The van der Waals surface area contributed by atoms with Gasteiger partial charge in [-0.3, -0.25) is 19.8 Å². The summed E-state index contributed by atoms with van der Waals surface area (Å²) < 4.78 is 0. The van der Waals surface area contributed by atoms with Crippen LogP contribution < -0.4 is 5.32 Å². The molecule has 1 atom stereocenters. The van der Waals surface area contributed by atoms with Crippen LogP contribution in [-0.2, 0) is 16.9 Å². The molecule has 1 saturated heterocycles. The molecule has 130 valence electrons. The van der Waals surface area contributed by atoms with E-state index in [1.54, 1.807) is 30.3 Å². The van der Waals surface area contributed by atoms with E-state index in [0.717, 1.165) is 4.90 Å². The zero-order valence-corrected chi connectivity index (χ0v) is 13.8. The molecule has 0 aliphatic carbocycles. The number of nitro groups is 1. The lowest BCUT2D eigenvalue weighted by Crippen LogP contribution is -2.40. The molecule has 8 nitrogen and oxygen atoms in total. The predicted octanol–water partition coefficient (Wildman–Crippen LogP) is 2.43. The van der Waals surface area contributed by atoms with Crippen molar-refractivity contribution < 1.29 is 14.5 Å². The minimum absolute atomic E-state index is 0.0566. The summed E-state index contributed by atoms with van der Waals surface area (Å²) in [6.07, 6.45) is 0. The van der Waals surface area contributed by atoms with Gasteiger partial charge in [0.15, 0.2) is 0 Å². The predicted molar refractivity (Wildman–Crippen MR) is 90.7 cm³/mol. The Hall–Kier alpha value is -3.73. The van der Waals surface area contributed by atoms with Gasteiger partial charge in [-0.2, -0.15) is 5.26 Å². The minimum Gasteiger partial charge on any atom is -0.319 e. The van der Waals surface area contributed by atoms with Gasteiger partial charge in [-0.05, 0) is 24.1 Å². The Morgan fingerprint density at radius 2 is 1.96 bits per heavy atom. The first-order chi connectivity index (χ1) is 12.4. The van der Waals surface area contributed by atoms with Gasteiger partial charge in [-0.15, -0.1) is 0 Å². The summed E-state index contributed by atoms with van der Waals surface area (Å²) in [5.74, 6) is -0.532. The minimum atomic E-state index is -1.41. The summed E-state index contributed by atoms with van der Waals surface area (Å²) in [4.78, 5) is 36.7. The average Bonchev–Trinajstić information content (AvgIpc) is 2.86. The van der Waals surface area contributed by atoms with Crippen molar-refractivity contribution in [2.45, 2.75) is 19.0 Å². The molecule has 0 spiro atoms. The molecule has 1 aliphatic rings. The monoisotopic (exact) mass is 350 g/mol. The van der Waals surface area contributed by atoms with Gasteiger partial charge in [0.25, 0.3) is 11.6 Å². The summed E-state index contributed by atoms with van der Waals surface area (Å²) in [6.45, 7) is 1.45. The second-order valence-corrected chi connectivity index (χ2v) is 6.02. The number of amides is 3. The van der Waals surface area contributed by atoms with Crippen molar-refractivity contribution in [2.75, 3.05) is 0 Å². The largest absolute Gasteiger partial charge is 0.325 e. The van der Waals surface area contributed by atoms with Crippen LogP contribution in [0.1, 0.15) is 23.6 Å². The number of nitrogens with one attached hydrogen (secondary N) is 1. The van der Waals surface area contributed by atoms with E-state index in [2.05, 4.69) is 5.32 Å². The smallest absolute Gasteiger partial charge is 0.319 e. The van der Waals surface area contributed by atoms with Crippen LogP contribution in [0.4, 0.5) is 10.5 Å². The molecule has 1 aliphatic heterocycles. The molecule has 1 heterocycles. The van der Waals surface area contributed by atoms with Crippen molar-refractivity contribution in [3.8, 4) is 6.07 Å². The number of urea groups is 1. The molecule has 26 heavy (non-hydrogen) atoms. The fourth-order valence-electron chi connectivity index (χ4n) is 2.90. The summed E-state index contributed by atoms with van der Waals surface area (Å²) >= 11 is 0. The lowest BCUT2D eigenvalue weighted by atomic mass is 9.91. The van der Waals surface area contributed by atoms with Crippen molar-refractivity contribution in [1.29, 1.82) is 5.26 Å². The van der Waals surface area contributed by atoms with Crippen LogP contribution in [0.15, 0.2) is 48.5 Å². The number of non-ortho nitro benzene ring substituents is 1. The Morgan fingerprint density at radius 3 is 2.65 bits per heavy atom. The molecule has 0 radical (unpaired) electrons. The Balaban J connectivity index is 1.95. The summed E-state index contributed by atoms with van der Waals surface area (Å²) in [5, 5.41) is 22.8. The molecule has 3 rings (SSSR count). The molecule has 1 N–H and O–H groups in total. The molecular formula is C18H14N4O4. The Kier molecular flexibility index (Phi) is 4.14. The summed E-state index contributed by atoms with van der Waals surface area (Å²) in [5.41, 5.74) is -0.343. The SMILES string of the molecule is CC1(c2cccc([N+](=O)[O-])c2)NC(=O)N(Cc2ccccc2C#N)C1=O. The van der Waals surface area contributed by atoms with Gasteiger partial charge < -0.3 is 5.32 Å². The highest BCUT2D eigenvalue weighted by molar-refractivity contribution is 6.07. The number of imide groups is 1. The third kappa shape index (κ3) is 2.75. The second-order valence-electron chi connectivity index (χ2n) is 6.02. The molecule has 1 unspecified atom stereocenters. The normalized spacial score (nSPS) is 19.2. The Bertz CT molecular complexity index is 966. The number of nitriles is 1. The van der Waals surface area contributed by atoms with Crippen molar-refractivity contribution in [3.63, 3.8) is 0 Å². The van der Waals surface area contributed by atoms with E-state index in [1.165, 1.54) is 25.1 Å². The number of benzene rings is 2. The fourth-order valence-corrected chi connectivity index (χ4v) is 2.90. The van der Waals surface area contributed by atoms with Gasteiger partial charge in [0, 0.05) is 12.1 Å². The van der Waals surface area contributed by atoms with Crippen LogP contribution in [-0.4, -0.2) is 21.8 Å². The average molecular weight is 350 g/mol. The molecule has 3 amide bonds. The van der Waals surface area contributed by atoms with E-state index in [-0.39, 0.29) is 12.2 Å². The number of hydrogen-bond donors (Lipinski definition) is 1. The van der Waals surface area contributed by atoms with E-state index in [4.69, 9.17) is 5.26 Å². The number of carbonyl (C=O) groups is 2. The van der Waals surface area contributed by atoms with Gasteiger partial charge in [0.2, 0.25) is 0 Å². The zero-order valence-electron chi connectivity index (χ0n) is 13.8. The van der Waals surface area contributed by atoms with Crippen LogP contribution in [0.25, 0.3) is 0 Å². The lowest BCUT2D eigenvalue weighted by Gasteiger charge is -2.22. The molecule has 0 aromatic heterocycles. The number of hydrogen-bond acceptors (Lipinski definition) is 5. The highest BCUT2D eigenvalue weighted by Crippen LogP contribution is 2.31. The second kappa shape index (κ2) is 6.29. The Labute approximate surface area is 148 Å². The highest BCUT2D eigenvalue weighted by atomic mass is 16.6. The number of nitrogens with zero attached hydrogens (tertiary/aromatic N) is 3. The van der Waals surface area contributed by atoms with Crippen molar-refractivity contribution in [1.82, 2.24) is 10.2 Å². The molecule has 2 aromatic carbocycles. The highest BCUT2D eigenvalue weighted by Gasteiger charge is 2.49. The number of carbonyl (C=O) groups excluding carboxylic acids is 2. The lowest BCUT2D eigenvalue weighted by molar-refractivity contribution is -0.385. The Morgan fingerprint density at radius 1 is 1.23 bits per heavy atom. The van der Waals surface area contributed by atoms with Gasteiger partial charge in [0.05, 0.1) is 23.1 Å². The molecule has 1 fully saturated rings. The van der Waals surface area contributed by atoms with Gasteiger partial charge in [0.1, 0.15) is 5.54 Å². The van der Waals surface area contributed by atoms with E-state index in [1.807, 2.05) is 6.07 Å². The van der Waals surface area contributed by atoms with Crippen molar-refractivity contribution >= 4 is 17.6 Å². The third-order valence-corrected chi connectivity index (χ3v) is 4.38. The summed E-state index contributed by atoms with van der Waals surface area (Å²) in [6, 6.07) is 13.7. The fraction of sp³-hybridized carbons (Fsp3) is 0.167. The molecule has 8 heteroatoms. The molecule has 0 bridgehead atoms. The zero-order chi connectivity index (χ0) is 18.9. The molecule has 2 aromatic rings. The number of rotatable bonds is 4. The summed E-state index contributed by atoms with van der Waals surface area (Å²) in [7, 11) is 0. The first kappa shape index (κ1) is 17.1. The maximum Gasteiger partial charge on any atom is 0.325 e. The first-order valence-electron chi connectivity index (χ1n) is 7.74. The van der Waals surface area contributed by atoms with Crippen LogP contribution in [0.2, 0.25) is 0 Å². The first-order valence-corrected chi connectivity index (χ1v) is 7.74. The van der Waals surface area contributed by atoms with Gasteiger partial charge in [-0.1, -0.05) is 30.3 Å². The van der Waals surface area contributed by atoms with Crippen LogP contribution in [0, 0.1) is 21.4 Å². The van der Waals surface area contributed by atoms with E-state index in [0.29, 0.717) is 16.7 Å². The van der Waals surface area contributed by atoms with Crippen LogP contribution in [0.5, 0.6) is 0 Å². The number of nitro benzene ring substituents is 1. The molecule has 0 saturated carbocycles. The van der Waals surface area contributed by atoms with Crippen LogP contribution >= 0.6 is 0 Å². The quantitative estimate of drug-likeness (QED) is 0.516. The van der Waals surface area contributed by atoms with Crippen molar-refractivity contribution in [3.05, 3.63) is 75.3 Å². The maximum absolute atomic E-state index is 12.9. The standard InChI is InChI=1S/C18H14N4O4/c1-18(14-7-4-8-15(9-14)22(25)26)16(23)21(17(24)20-18)11-13-6-3-2-5-12(13)10-19/h2-9H,11H2,1H3,(H,20,24). The van der Waals surface area contributed by atoms with E-state index < -0.39 is 22.4 Å². The molecular weight excluding hydrogens is 336 g/mol. The van der Waals surface area contributed by atoms with Crippen LogP contribution in [0.3, 0.4) is 0 Å².